The minimum absolute atomic E-state index is 0.253. The van der Waals surface area contributed by atoms with Crippen molar-refractivity contribution in [2.75, 3.05) is 0 Å². The number of aliphatic hydroxyl groups excluding tert-OH is 1. The third kappa shape index (κ3) is 2.69. The van der Waals surface area contributed by atoms with Crippen molar-refractivity contribution < 1.29 is 19.7 Å². The summed E-state index contributed by atoms with van der Waals surface area (Å²) in [6, 6.07) is 19.4. The predicted octanol–water partition coefficient (Wildman–Crippen LogP) is 4.04. The van der Waals surface area contributed by atoms with Crippen LogP contribution in [0, 0.1) is 16.7 Å². The van der Waals surface area contributed by atoms with E-state index in [2.05, 4.69) is 13.8 Å². The highest BCUT2D eigenvalue weighted by molar-refractivity contribution is 5.74. The molecule has 4 rings (SSSR count). The van der Waals surface area contributed by atoms with Gasteiger partial charge in [-0.2, -0.15) is 0 Å². The highest BCUT2D eigenvalue weighted by atomic mass is 16.6. The molecular formula is C25H30O4. The minimum atomic E-state index is -1.33. The molecule has 0 radical (unpaired) electrons. The molecule has 154 valence electrons. The summed E-state index contributed by atoms with van der Waals surface area (Å²) < 4.78 is 5.89. The fourth-order valence-corrected chi connectivity index (χ4v) is 6.21. The third-order valence-corrected chi connectivity index (χ3v) is 7.73. The lowest BCUT2D eigenvalue weighted by Crippen LogP contribution is -2.57. The van der Waals surface area contributed by atoms with E-state index in [1.807, 2.05) is 60.7 Å². The first-order chi connectivity index (χ1) is 13.7. The van der Waals surface area contributed by atoms with Crippen LogP contribution in [0.15, 0.2) is 60.7 Å². The lowest BCUT2D eigenvalue weighted by atomic mass is 9.54. The van der Waals surface area contributed by atoms with E-state index < -0.39 is 29.2 Å². The Morgan fingerprint density at radius 2 is 1.59 bits per heavy atom. The second kappa shape index (κ2) is 6.96. The van der Waals surface area contributed by atoms with Gasteiger partial charge in [0.1, 0.15) is 17.8 Å². The molecule has 29 heavy (non-hydrogen) atoms. The van der Waals surface area contributed by atoms with Crippen LogP contribution in [0.25, 0.3) is 0 Å². The highest BCUT2D eigenvalue weighted by Gasteiger charge is 2.74. The predicted molar refractivity (Wildman–Crippen MR) is 111 cm³/mol. The molecule has 0 aliphatic heterocycles. The molecule has 0 spiro atoms. The Kier molecular flexibility index (Phi) is 4.83. The topological polar surface area (TPSA) is 66.8 Å². The van der Waals surface area contributed by atoms with Gasteiger partial charge in [-0.05, 0) is 48.6 Å². The van der Waals surface area contributed by atoms with Gasteiger partial charge in [-0.1, -0.05) is 74.5 Å². The molecule has 0 aromatic heterocycles. The maximum atomic E-state index is 12.6. The molecule has 2 fully saturated rings. The van der Waals surface area contributed by atoms with E-state index in [4.69, 9.17) is 4.74 Å². The van der Waals surface area contributed by atoms with Gasteiger partial charge in [0.25, 0.3) is 0 Å². The number of carbonyl (C=O) groups excluding carboxylic acids is 1. The van der Waals surface area contributed by atoms with Gasteiger partial charge in [0.2, 0.25) is 0 Å². The molecule has 2 aliphatic carbocycles. The summed E-state index contributed by atoms with van der Waals surface area (Å²) in [4.78, 5) is 12.4. The molecular weight excluding hydrogens is 364 g/mol. The molecule has 4 nitrogen and oxygen atoms in total. The van der Waals surface area contributed by atoms with Crippen LogP contribution in [-0.4, -0.2) is 28.4 Å². The number of hydrogen-bond donors (Lipinski definition) is 2. The molecule has 4 heteroatoms. The van der Waals surface area contributed by atoms with Crippen LogP contribution in [0.1, 0.15) is 51.2 Å². The van der Waals surface area contributed by atoms with Gasteiger partial charge < -0.3 is 14.9 Å². The summed E-state index contributed by atoms with van der Waals surface area (Å²) in [5.41, 5.74) is -0.664. The Labute approximate surface area is 172 Å². The molecule has 2 saturated carbocycles. The standard InChI is InChI=1S/C25H30O4/c1-17(26)22(27)29-21-16-20-14-15-24(21,23(20,2)3)25(28,18-10-6-4-7-11-18)19-12-8-5-9-13-19/h4-13,17,20-21,26,28H,14-16H2,1-3H3/t17-,20+,21+,24+/m0/s1. The van der Waals surface area contributed by atoms with E-state index in [0.717, 1.165) is 24.0 Å². The van der Waals surface area contributed by atoms with Crippen LogP contribution in [0.3, 0.4) is 0 Å². The van der Waals surface area contributed by atoms with Crippen molar-refractivity contribution in [3.05, 3.63) is 71.8 Å². The Bertz CT molecular complexity index is 835. The number of benzene rings is 2. The molecule has 2 aromatic carbocycles. The summed E-state index contributed by atoms with van der Waals surface area (Å²) in [6.45, 7) is 5.81. The van der Waals surface area contributed by atoms with Crippen LogP contribution in [0.5, 0.6) is 0 Å². The Morgan fingerprint density at radius 1 is 1.07 bits per heavy atom. The van der Waals surface area contributed by atoms with Crippen LogP contribution in [0.4, 0.5) is 0 Å². The summed E-state index contributed by atoms with van der Waals surface area (Å²) in [6.07, 6.45) is 0.785. The van der Waals surface area contributed by atoms with Crippen LogP contribution >= 0.6 is 0 Å². The molecule has 2 bridgehead atoms. The van der Waals surface area contributed by atoms with Gasteiger partial charge in [0, 0.05) is 5.41 Å². The molecule has 0 saturated heterocycles. The molecule has 2 aliphatic rings. The number of rotatable bonds is 5. The SMILES string of the molecule is C[C@H](O)C(=O)O[C@@H]1C[C@H]2CC[C@]1(C(O)(c1ccccc1)c1ccccc1)C2(C)C. The van der Waals surface area contributed by atoms with E-state index in [0.29, 0.717) is 12.3 Å². The van der Waals surface area contributed by atoms with Crippen molar-refractivity contribution in [1.29, 1.82) is 0 Å². The highest BCUT2D eigenvalue weighted by Crippen LogP contribution is 2.73. The van der Waals surface area contributed by atoms with E-state index in [-0.39, 0.29) is 5.41 Å². The molecule has 0 heterocycles. The van der Waals surface area contributed by atoms with Gasteiger partial charge in [0.15, 0.2) is 0 Å². The van der Waals surface area contributed by atoms with Crippen LogP contribution in [-0.2, 0) is 15.1 Å². The quantitative estimate of drug-likeness (QED) is 0.751. The summed E-state index contributed by atoms with van der Waals surface area (Å²) >= 11 is 0. The number of fused-ring (bicyclic) bond motifs is 2. The first-order valence-electron chi connectivity index (χ1n) is 10.5. The van der Waals surface area contributed by atoms with E-state index >= 15 is 0 Å². The summed E-state index contributed by atoms with van der Waals surface area (Å²) in [5, 5.41) is 22.4. The van der Waals surface area contributed by atoms with Crippen molar-refractivity contribution in [3.63, 3.8) is 0 Å². The molecule has 0 amide bonds. The van der Waals surface area contributed by atoms with Gasteiger partial charge >= 0.3 is 5.97 Å². The maximum absolute atomic E-state index is 12.6. The normalized spacial score (nSPS) is 28.9. The Hall–Kier alpha value is -2.17. The van der Waals surface area contributed by atoms with Gasteiger partial charge in [-0.25, -0.2) is 4.79 Å². The zero-order valence-corrected chi connectivity index (χ0v) is 17.3. The third-order valence-electron chi connectivity index (χ3n) is 7.73. The van der Waals surface area contributed by atoms with Gasteiger partial charge in [-0.3, -0.25) is 0 Å². The first-order valence-corrected chi connectivity index (χ1v) is 10.5. The first kappa shape index (κ1) is 20.1. The number of aliphatic hydroxyl groups is 2. The van der Waals surface area contributed by atoms with Crippen LogP contribution in [0.2, 0.25) is 0 Å². The zero-order chi connectivity index (χ0) is 20.9. The Balaban J connectivity index is 1.95. The van der Waals surface area contributed by atoms with E-state index in [1.165, 1.54) is 6.92 Å². The Morgan fingerprint density at radius 3 is 2.03 bits per heavy atom. The van der Waals surface area contributed by atoms with Crippen LogP contribution < -0.4 is 0 Å². The van der Waals surface area contributed by atoms with Crippen molar-refractivity contribution in [2.45, 2.75) is 57.8 Å². The van der Waals surface area contributed by atoms with Crippen molar-refractivity contribution >= 4 is 5.97 Å². The molecule has 4 atom stereocenters. The molecule has 0 unspecified atom stereocenters. The number of esters is 1. The van der Waals surface area contributed by atoms with Crippen molar-refractivity contribution in [1.82, 2.24) is 0 Å². The van der Waals surface area contributed by atoms with E-state index in [1.54, 1.807) is 0 Å². The second-order valence-corrected chi connectivity index (χ2v) is 9.21. The van der Waals surface area contributed by atoms with E-state index in [9.17, 15) is 15.0 Å². The average Bonchev–Trinajstić information content (AvgIpc) is 3.11. The van der Waals surface area contributed by atoms with Crippen molar-refractivity contribution in [3.8, 4) is 0 Å². The lowest BCUT2D eigenvalue weighted by molar-refractivity contribution is -0.190. The summed E-state index contributed by atoms with van der Waals surface area (Å²) in [7, 11) is 0. The van der Waals surface area contributed by atoms with Gasteiger partial charge in [0.05, 0.1) is 0 Å². The largest absolute Gasteiger partial charge is 0.460 e. The second-order valence-electron chi connectivity index (χ2n) is 9.21. The fourth-order valence-electron chi connectivity index (χ4n) is 6.21. The number of carbonyl (C=O) groups is 1. The molecule has 2 aromatic rings. The zero-order valence-electron chi connectivity index (χ0n) is 17.3. The monoisotopic (exact) mass is 394 g/mol. The van der Waals surface area contributed by atoms with Crippen molar-refractivity contribution in [2.24, 2.45) is 16.7 Å². The number of hydrogen-bond acceptors (Lipinski definition) is 4. The lowest BCUT2D eigenvalue weighted by Gasteiger charge is -2.53. The number of ether oxygens (including phenoxy) is 1. The maximum Gasteiger partial charge on any atom is 0.334 e. The summed E-state index contributed by atoms with van der Waals surface area (Å²) in [5.74, 6) is -0.283. The minimum Gasteiger partial charge on any atom is -0.460 e. The molecule has 2 N–H and O–H groups in total. The van der Waals surface area contributed by atoms with Gasteiger partial charge in [-0.15, -0.1) is 0 Å². The smallest absolute Gasteiger partial charge is 0.334 e. The fraction of sp³-hybridized carbons (Fsp3) is 0.480. The average molecular weight is 395 g/mol.